The fourth-order valence-electron chi connectivity index (χ4n) is 0.826. The van der Waals surface area contributed by atoms with E-state index in [-0.39, 0.29) is 6.10 Å². The Labute approximate surface area is 67.7 Å². The summed E-state index contributed by atoms with van der Waals surface area (Å²) in [5, 5.41) is 9.28. The molecular formula is C8H15ClO. The first kappa shape index (κ1) is 9.99. The highest BCUT2D eigenvalue weighted by atomic mass is 35.5. The minimum Gasteiger partial charge on any atom is -0.393 e. The van der Waals surface area contributed by atoms with E-state index in [1.54, 1.807) is 0 Å². The number of allylic oxidation sites excluding steroid dienone is 1. The van der Waals surface area contributed by atoms with Crippen molar-refractivity contribution in [3.63, 3.8) is 0 Å². The third kappa shape index (κ3) is 3.91. The molecule has 0 spiro atoms. The Morgan fingerprint density at radius 2 is 2.20 bits per heavy atom. The zero-order valence-corrected chi connectivity index (χ0v) is 7.30. The van der Waals surface area contributed by atoms with Gasteiger partial charge in [-0.25, -0.2) is 0 Å². The number of hydrogen-bond acceptors (Lipinski definition) is 1. The van der Waals surface area contributed by atoms with E-state index in [1.807, 2.05) is 19.9 Å². The predicted octanol–water partition coefficient (Wildman–Crippen LogP) is 2.54. The second-order valence-corrected chi connectivity index (χ2v) is 2.80. The van der Waals surface area contributed by atoms with E-state index in [0.29, 0.717) is 5.92 Å². The summed E-state index contributed by atoms with van der Waals surface area (Å²) in [5.41, 5.74) is 1.50. The summed E-state index contributed by atoms with van der Waals surface area (Å²) in [7, 11) is 0. The van der Waals surface area contributed by atoms with Crippen LogP contribution in [0.3, 0.4) is 0 Å². The first-order chi connectivity index (χ1) is 4.72. The van der Waals surface area contributed by atoms with Crippen LogP contribution in [0.2, 0.25) is 0 Å². The molecule has 1 nitrogen and oxygen atoms in total. The largest absolute Gasteiger partial charge is 0.393 e. The maximum Gasteiger partial charge on any atom is 0.0566 e. The smallest absolute Gasteiger partial charge is 0.0566 e. The molecular weight excluding hydrogens is 148 g/mol. The molecule has 2 unspecified atom stereocenters. The molecule has 0 aromatic carbocycles. The van der Waals surface area contributed by atoms with Gasteiger partial charge in [0.05, 0.1) is 6.10 Å². The summed E-state index contributed by atoms with van der Waals surface area (Å²) in [5.74, 6) is 0.319. The molecule has 0 saturated heterocycles. The molecule has 0 heterocycles. The molecule has 10 heavy (non-hydrogen) atoms. The van der Waals surface area contributed by atoms with Gasteiger partial charge in [-0.1, -0.05) is 31.5 Å². The van der Waals surface area contributed by atoms with E-state index in [0.717, 1.165) is 12.8 Å². The normalized spacial score (nSPS) is 17.6. The van der Waals surface area contributed by atoms with Crippen LogP contribution in [0.25, 0.3) is 0 Å². The molecule has 60 valence electrons. The Hall–Kier alpha value is -0.0100. The minimum atomic E-state index is -0.187. The predicted molar refractivity (Wildman–Crippen MR) is 45.1 cm³/mol. The molecule has 2 heteroatoms. The van der Waals surface area contributed by atoms with Crippen molar-refractivity contribution in [2.75, 3.05) is 0 Å². The lowest BCUT2D eigenvalue weighted by atomic mass is 9.99. The van der Waals surface area contributed by atoms with Crippen LogP contribution in [0.5, 0.6) is 0 Å². The van der Waals surface area contributed by atoms with Gasteiger partial charge < -0.3 is 5.11 Å². The summed E-state index contributed by atoms with van der Waals surface area (Å²) >= 11 is 5.33. The highest BCUT2D eigenvalue weighted by Crippen LogP contribution is 2.11. The molecule has 0 aliphatic carbocycles. The maximum atomic E-state index is 9.28. The summed E-state index contributed by atoms with van der Waals surface area (Å²) < 4.78 is 0. The van der Waals surface area contributed by atoms with Crippen LogP contribution >= 0.6 is 11.6 Å². The Morgan fingerprint density at radius 1 is 1.60 bits per heavy atom. The van der Waals surface area contributed by atoms with Gasteiger partial charge in [0.1, 0.15) is 0 Å². The molecule has 0 aliphatic heterocycles. The summed E-state index contributed by atoms with van der Waals surface area (Å²) in [6.45, 7) is 4.00. The van der Waals surface area contributed by atoms with Gasteiger partial charge >= 0.3 is 0 Å². The highest BCUT2D eigenvalue weighted by Gasteiger charge is 2.08. The van der Waals surface area contributed by atoms with Crippen molar-refractivity contribution in [3.05, 3.63) is 11.6 Å². The Kier molecular flexibility index (Phi) is 5.74. The number of aliphatic hydroxyl groups excluding tert-OH is 1. The molecule has 0 saturated carbocycles. The molecule has 0 aromatic rings. The fraction of sp³-hybridized carbons (Fsp3) is 0.750. The van der Waals surface area contributed by atoms with Crippen molar-refractivity contribution in [2.24, 2.45) is 5.92 Å². The summed E-state index contributed by atoms with van der Waals surface area (Å²) in [6, 6.07) is 0. The topological polar surface area (TPSA) is 20.2 Å². The lowest BCUT2D eigenvalue weighted by Crippen LogP contribution is -2.15. The highest BCUT2D eigenvalue weighted by molar-refractivity contribution is 6.25. The van der Waals surface area contributed by atoms with Crippen molar-refractivity contribution in [2.45, 2.75) is 32.8 Å². The third-order valence-corrected chi connectivity index (χ3v) is 1.85. The second-order valence-electron chi connectivity index (χ2n) is 2.55. The summed E-state index contributed by atoms with van der Waals surface area (Å²) in [6.07, 6.45) is 3.36. The van der Waals surface area contributed by atoms with Gasteiger partial charge in [0.15, 0.2) is 0 Å². The second kappa shape index (κ2) is 5.75. The molecule has 0 aromatic heterocycles. The van der Waals surface area contributed by atoms with E-state index in [9.17, 15) is 5.11 Å². The standard InChI is InChI=1S/C8H15ClO/c1-3-8(10)7(2)5-4-6-9/h4,6-8,10H,3,5H2,1-2H3/b6-4-. The van der Waals surface area contributed by atoms with Gasteiger partial charge in [-0.05, 0) is 18.8 Å². The van der Waals surface area contributed by atoms with Gasteiger partial charge in [-0.15, -0.1) is 0 Å². The van der Waals surface area contributed by atoms with E-state index in [2.05, 4.69) is 0 Å². The first-order valence-electron chi connectivity index (χ1n) is 3.65. The van der Waals surface area contributed by atoms with Crippen molar-refractivity contribution in [1.29, 1.82) is 0 Å². The van der Waals surface area contributed by atoms with Crippen molar-refractivity contribution in [3.8, 4) is 0 Å². The third-order valence-electron chi connectivity index (χ3n) is 1.67. The molecule has 0 amide bonds. The average Bonchev–Trinajstić information content (AvgIpc) is 1.98. The SMILES string of the molecule is CCC(O)C(C)C/C=C\Cl. The quantitative estimate of drug-likeness (QED) is 0.674. The fourth-order valence-corrected chi connectivity index (χ4v) is 0.928. The Bertz CT molecular complexity index is 101. The number of hydrogen-bond donors (Lipinski definition) is 1. The van der Waals surface area contributed by atoms with Crippen LogP contribution in [0.15, 0.2) is 11.6 Å². The van der Waals surface area contributed by atoms with Gasteiger partial charge in [-0.2, -0.15) is 0 Å². The zero-order valence-electron chi connectivity index (χ0n) is 6.55. The lowest BCUT2D eigenvalue weighted by molar-refractivity contribution is 0.114. The molecule has 2 atom stereocenters. The van der Waals surface area contributed by atoms with E-state index >= 15 is 0 Å². The Balaban J connectivity index is 3.50. The van der Waals surface area contributed by atoms with Crippen LogP contribution in [0, 0.1) is 5.92 Å². The van der Waals surface area contributed by atoms with Crippen LogP contribution in [0.1, 0.15) is 26.7 Å². The van der Waals surface area contributed by atoms with Crippen LogP contribution in [0.4, 0.5) is 0 Å². The van der Waals surface area contributed by atoms with Gasteiger partial charge in [0.25, 0.3) is 0 Å². The Morgan fingerprint density at radius 3 is 2.60 bits per heavy atom. The van der Waals surface area contributed by atoms with Crippen LogP contribution < -0.4 is 0 Å². The molecule has 0 aliphatic rings. The molecule has 1 N–H and O–H groups in total. The van der Waals surface area contributed by atoms with E-state index in [1.165, 1.54) is 5.54 Å². The summed E-state index contributed by atoms with van der Waals surface area (Å²) in [4.78, 5) is 0. The number of aliphatic hydroxyl groups is 1. The minimum absolute atomic E-state index is 0.187. The molecule has 0 fully saturated rings. The lowest BCUT2D eigenvalue weighted by Gasteiger charge is -2.14. The van der Waals surface area contributed by atoms with E-state index in [4.69, 9.17) is 11.6 Å². The first-order valence-corrected chi connectivity index (χ1v) is 4.09. The van der Waals surface area contributed by atoms with Gasteiger partial charge in [-0.3, -0.25) is 0 Å². The van der Waals surface area contributed by atoms with Crippen molar-refractivity contribution >= 4 is 11.6 Å². The number of halogens is 1. The average molecular weight is 163 g/mol. The number of rotatable bonds is 4. The van der Waals surface area contributed by atoms with E-state index < -0.39 is 0 Å². The molecule has 0 radical (unpaired) electrons. The monoisotopic (exact) mass is 162 g/mol. The maximum absolute atomic E-state index is 9.28. The van der Waals surface area contributed by atoms with Crippen molar-refractivity contribution in [1.82, 2.24) is 0 Å². The van der Waals surface area contributed by atoms with Crippen LogP contribution in [-0.2, 0) is 0 Å². The molecule has 0 bridgehead atoms. The zero-order chi connectivity index (χ0) is 7.98. The molecule has 0 rings (SSSR count). The van der Waals surface area contributed by atoms with Gasteiger partial charge in [0, 0.05) is 5.54 Å². The van der Waals surface area contributed by atoms with Crippen LogP contribution in [-0.4, -0.2) is 11.2 Å². The van der Waals surface area contributed by atoms with Crippen molar-refractivity contribution < 1.29 is 5.11 Å². The van der Waals surface area contributed by atoms with Gasteiger partial charge in [0.2, 0.25) is 0 Å².